The van der Waals surface area contributed by atoms with Crippen molar-refractivity contribution in [3.8, 4) is 0 Å². The smallest absolute Gasteiger partial charge is 0.342 e. The minimum Gasteiger partial charge on any atom is -0.464 e. The van der Waals surface area contributed by atoms with Gasteiger partial charge in [-0.25, -0.2) is 13.6 Å². The molecule has 2 atom stereocenters. The van der Waals surface area contributed by atoms with Crippen LogP contribution in [0.2, 0.25) is 0 Å². The topological polar surface area (TPSA) is 52.3 Å². The fourth-order valence-electron chi connectivity index (χ4n) is 1.30. The average Bonchev–Trinajstić information content (AvgIpc) is 2.31. The van der Waals surface area contributed by atoms with Gasteiger partial charge in [-0.15, -0.1) is 12.4 Å². The van der Waals surface area contributed by atoms with Crippen LogP contribution in [-0.4, -0.2) is 18.7 Å². The van der Waals surface area contributed by atoms with Gasteiger partial charge in [-0.1, -0.05) is 12.1 Å². The standard InChI is InChI=1S/C11H12BrF2NO2.ClH/c1-2-17-11(16)9(14)10(15)6-4-3-5-7(13)8(6)12;/h3-5,9-10H,2,15H2,1H3;1H/t9?,10-;/m0./s1. The highest BCUT2D eigenvalue weighted by Gasteiger charge is 2.29. The molecule has 0 saturated heterocycles. The second kappa shape index (κ2) is 7.66. The van der Waals surface area contributed by atoms with E-state index in [9.17, 15) is 13.6 Å². The van der Waals surface area contributed by atoms with Gasteiger partial charge in [0.2, 0.25) is 6.17 Å². The molecule has 0 aliphatic rings. The molecule has 1 rings (SSSR count). The van der Waals surface area contributed by atoms with Crippen molar-refractivity contribution < 1.29 is 18.3 Å². The Morgan fingerprint density at radius 2 is 2.17 bits per heavy atom. The third-order valence-corrected chi connectivity index (χ3v) is 3.00. The molecular formula is C11H13BrClF2NO2. The van der Waals surface area contributed by atoms with Crippen LogP contribution in [0.15, 0.2) is 22.7 Å². The second-order valence-electron chi connectivity index (χ2n) is 3.32. The molecule has 0 saturated carbocycles. The lowest BCUT2D eigenvalue weighted by Gasteiger charge is -2.17. The van der Waals surface area contributed by atoms with Crippen LogP contribution in [0.25, 0.3) is 0 Å². The summed E-state index contributed by atoms with van der Waals surface area (Å²) in [7, 11) is 0. The minimum atomic E-state index is -2.02. The maximum Gasteiger partial charge on any atom is 0.342 e. The summed E-state index contributed by atoms with van der Waals surface area (Å²) in [6.45, 7) is 1.63. The molecule has 7 heteroatoms. The highest BCUT2D eigenvalue weighted by atomic mass is 79.9. The molecule has 0 amide bonds. The van der Waals surface area contributed by atoms with Gasteiger partial charge in [0, 0.05) is 0 Å². The maximum absolute atomic E-state index is 13.6. The van der Waals surface area contributed by atoms with Crippen molar-refractivity contribution in [1.29, 1.82) is 0 Å². The van der Waals surface area contributed by atoms with E-state index in [-0.39, 0.29) is 29.1 Å². The van der Waals surface area contributed by atoms with E-state index in [2.05, 4.69) is 20.7 Å². The van der Waals surface area contributed by atoms with Crippen molar-refractivity contribution >= 4 is 34.3 Å². The lowest BCUT2D eigenvalue weighted by atomic mass is 10.0. The predicted molar refractivity (Wildman–Crippen MR) is 69.8 cm³/mol. The van der Waals surface area contributed by atoms with E-state index in [1.807, 2.05) is 0 Å². The Balaban J connectivity index is 0.00000289. The van der Waals surface area contributed by atoms with Crippen LogP contribution in [0, 0.1) is 5.82 Å². The second-order valence-corrected chi connectivity index (χ2v) is 4.12. The number of nitrogens with two attached hydrogens (primary N) is 1. The first-order chi connectivity index (χ1) is 7.99. The van der Waals surface area contributed by atoms with Crippen molar-refractivity contribution in [2.45, 2.75) is 19.1 Å². The molecule has 0 bridgehead atoms. The number of ether oxygens (including phenoxy) is 1. The lowest BCUT2D eigenvalue weighted by molar-refractivity contribution is -0.149. The first-order valence-corrected chi connectivity index (χ1v) is 5.78. The van der Waals surface area contributed by atoms with Crippen molar-refractivity contribution in [3.63, 3.8) is 0 Å². The number of hydrogen-bond acceptors (Lipinski definition) is 3. The minimum absolute atomic E-state index is 0. The zero-order chi connectivity index (χ0) is 13.0. The fourth-order valence-corrected chi connectivity index (χ4v) is 1.83. The van der Waals surface area contributed by atoms with Gasteiger partial charge in [0.05, 0.1) is 17.1 Å². The molecule has 1 aromatic rings. The summed E-state index contributed by atoms with van der Waals surface area (Å²) in [5, 5.41) is 0. The highest BCUT2D eigenvalue weighted by molar-refractivity contribution is 9.10. The molecule has 2 N–H and O–H groups in total. The van der Waals surface area contributed by atoms with Gasteiger partial charge < -0.3 is 10.5 Å². The van der Waals surface area contributed by atoms with Crippen LogP contribution < -0.4 is 5.73 Å². The molecule has 0 fully saturated rings. The molecule has 0 aromatic heterocycles. The first-order valence-electron chi connectivity index (χ1n) is 4.99. The first kappa shape index (κ1) is 17.3. The van der Waals surface area contributed by atoms with Gasteiger partial charge in [-0.3, -0.25) is 0 Å². The van der Waals surface area contributed by atoms with Crippen molar-refractivity contribution in [2.75, 3.05) is 6.61 Å². The molecule has 0 spiro atoms. The zero-order valence-corrected chi connectivity index (χ0v) is 11.9. The van der Waals surface area contributed by atoms with Crippen molar-refractivity contribution in [3.05, 3.63) is 34.1 Å². The molecule has 18 heavy (non-hydrogen) atoms. The van der Waals surface area contributed by atoms with E-state index in [4.69, 9.17) is 5.73 Å². The Morgan fingerprint density at radius 1 is 1.56 bits per heavy atom. The average molecular weight is 345 g/mol. The van der Waals surface area contributed by atoms with Crippen LogP contribution in [0.3, 0.4) is 0 Å². The third-order valence-electron chi connectivity index (χ3n) is 2.17. The molecule has 102 valence electrons. The summed E-state index contributed by atoms with van der Waals surface area (Å²) in [6.07, 6.45) is -2.02. The SMILES string of the molecule is CCOC(=O)C(F)[C@@H](N)c1cccc(F)c1Br.Cl. The molecule has 3 nitrogen and oxygen atoms in total. The van der Waals surface area contributed by atoms with Crippen LogP contribution in [0.5, 0.6) is 0 Å². The Bertz CT molecular complexity index is 420. The van der Waals surface area contributed by atoms with E-state index in [0.29, 0.717) is 0 Å². The van der Waals surface area contributed by atoms with Gasteiger partial charge in [-0.2, -0.15) is 0 Å². The number of carbonyl (C=O) groups excluding carboxylic acids is 1. The number of benzene rings is 1. The van der Waals surface area contributed by atoms with Crippen LogP contribution in [0.1, 0.15) is 18.5 Å². The van der Waals surface area contributed by atoms with Crippen LogP contribution >= 0.6 is 28.3 Å². The van der Waals surface area contributed by atoms with E-state index >= 15 is 0 Å². The number of halogens is 4. The predicted octanol–water partition coefficient (Wildman–Crippen LogP) is 2.91. The molecule has 1 aromatic carbocycles. The number of esters is 1. The van der Waals surface area contributed by atoms with Gasteiger partial charge in [0.15, 0.2) is 0 Å². The van der Waals surface area contributed by atoms with Gasteiger partial charge in [0.1, 0.15) is 5.82 Å². The van der Waals surface area contributed by atoms with Gasteiger partial charge in [0.25, 0.3) is 0 Å². The zero-order valence-electron chi connectivity index (χ0n) is 9.53. The normalized spacial score (nSPS) is 13.4. The molecule has 0 aliphatic carbocycles. The molecule has 0 heterocycles. The maximum atomic E-state index is 13.6. The fraction of sp³-hybridized carbons (Fsp3) is 0.364. The largest absolute Gasteiger partial charge is 0.464 e. The summed E-state index contributed by atoms with van der Waals surface area (Å²) in [5.41, 5.74) is 5.75. The number of carbonyl (C=O) groups is 1. The quantitative estimate of drug-likeness (QED) is 0.855. The van der Waals surface area contributed by atoms with Crippen molar-refractivity contribution in [2.24, 2.45) is 5.73 Å². The van der Waals surface area contributed by atoms with E-state index in [0.717, 1.165) is 0 Å². The summed E-state index contributed by atoms with van der Waals surface area (Å²) in [5.74, 6) is -1.61. The van der Waals surface area contributed by atoms with Gasteiger partial charge >= 0.3 is 5.97 Å². The Morgan fingerprint density at radius 3 is 2.72 bits per heavy atom. The van der Waals surface area contributed by atoms with Crippen LogP contribution in [-0.2, 0) is 9.53 Å². The summed E-state index contributed by atoms with van der Waals surface area (Å²) in [4.78, 5) is 11.2. The number of rotatable bonds is 4. The molecular weight excluding hydrogens is 331 g/mol. The summed E-state index contributed by atoms with van der Waals surface area (Å²) < 4.78 is 31.4. The van der Waals surface area contributed by atoms with E-state index in [1.165, 1.54) is 18.2 Å². The van der Waals surface area contributed by atoms with E-state index < -0.39 is 24.0 Å². The lowest BCUT2D eigenvalue weighted by Crippen LogP contribution is -2.31. The summed E-state index contributed by atoms with van der Waals surface area (Å²) >= 11 is 2.96. The van der Waals surface area contributed by atoms with Crippen molar-refractivity contribution in [1.82, 2.24) is 0 Å². The van der Waals surface area contributed by atoms with Crippen LogP contribution in [0.4, 0.5) is 8.78 Å². The van der Waals surface area contributed by atoms with E-state index in [1.54, 1.807) is 6.92 Å². The number of hydrogen-bond donors (Lipinski definition) is 1. The number of alkyl halides is 1. The molecule has 1 unspecified atom stereocenters. The third kappa shape index (κ3) is 3.90. The van der Waals surface area contributed by atoms with Gasteiger partial charge in [-0.05, 0) is 34.5 Å². The summed E-state index contributed by atoms with van der Waals surface area (Å²) in [6, 6.07) is 2.79. The Kier molecular flexibility index (Phi) is 7.35. The monoisotopic (exact) mass is 343 g/mol. The molecule has 0 radical (unpaired) electrons. The Labute approximate surface area is 118 Å². The Hall–Kier alpha value is -0.720. The molecule has 0 aliphatic heterocycles. The highest BCUT2D eigenvalue weighted by Crippen LogP contribution is 2.28.